The lowest BCUT2D eigenvalue weighted by atomic mass is 10.1. The molecular weight excluding hydrogens is 421 g/mol. The Morgan fingerprint density at radius 1 is 1.06 bits per heavy atom. The molecule has 1 amide bonds. The lowest BCUT2D eigenvalue weighted by Crippen LogP contribution is -2.31. The van der Waals surface area contributed by atoms with Crippen LogP contribution >= 0.6 is 11.6 Å². The van der Waals surface area contributed by atoms with Gasteiger partial charge in [0.15, 0.2) is 11.9 Å². The number of hydrogen-bond donors (Lipinski definition) is 1. The minimum Gasteiger partial charge on any atom is -0.473 e. The predicted molar refractivity (Wildman–Crippen MR) is 118 cm³/mol. The Balaban J connectivity index is 1.72. The summed E-state index contributed by atoms with van der Waals surface area (Å²) in [7, 11) is 0. The maximum absolute atomic E-state index is 13.2. The van der Waals surface area contributed by atoms with Crippen molar-refractivity contribution in [3.05, 3.63) is 93.9 Å². The van der Waals surface area contributed by atoms with E-state index in [1.165, 1.54) is 37.3 Å². The van der Waals surface area contributed by atoms with Crippen LogP contribution in [0.3, 0.4) is 0 Å². The summed E-state index contributed by atoms with van der Waals surface area (Å²) in [6.45, 7) is 1.51. The Labute approximate surface area is 182 Å². The first kappa shape index (κ1) is 20.6. The summed E-state index contributed by atoms with van der Waals surface area (Å²) in [6.07, 6.45) is -1.04. The third-order valence-corrected chi connectivity index (χ3v) is 4.86. The highest BCUT2D eigenvalue weighted by molar-refractivity contribution is 6.31. The number of amides is 1. The maximum Gasteiger partial charge on any atom is 0.265 e. The van der Waals surface area contributed by atoms with Crippen LogP contribution in [-0.2, 0) is 4.79 Å². The van der Waals surface area contributed by atoms with E-state index in [0.717, 1.165) is 0 Å². The van der Waals surface area contributed by atoms with Gasteiger partial charge in [0.25, 0.3) is 5.91 Å². The van der Waals surface area contributed by atoms with Gasteiger partial charge in [-0.2, -0.15) is 0 Å². The molecule has 0 bridgehead atoms. The summed E-state index contributed by atoms with van der Waals surface area (Å²) in [6, 6.07) is 19.0. The summed E-state index contributed by atoms with van der Waals surface area (Å²) in [5.74, 6) is -0.803. The van der Waals surface area contributed by atoms with Crippen molar-refractivity contribution in [3.63, 3.8) is 0 Å². The Hall–Kier alpha value is -3.64. The van der Waals surface area contributed by atoms with E-state index >= 15 is 0 Å². The highest BCUT2D eigenvalue weighted by atomic mass is 35.5. The molecule has 1 aromatic heterocycles. The van der Waals surface area contributed by atoms with E-state index in [1.54, 1.807) is 36.4 Å². The highest BCUT2D eigenvalue weighted by Crippen LogP contribution is 2.32. The highest BCUT2D eigenvalue weighted by Gasteiger charge is 2.23. The SMILES string of the molecule is CC(Oc1c(-c2ccccc2)oc2ccc(Cl)cc2c1=O)C(=O)Nc1ccc(F)cc1. The van der Waals surface area contributed by atoms with E-state index in [4.69, 9.17) is 20.8 Å². The molecule has 0 spiro atoms. The Kier molecular flexibility index (Phi) is 5.73. The number of hydrogen-bond acceptors (Lipinski definition) is 4. The summed E-state index contributed by atoms with van der Waals surface area (Å²) < 4.78 is 24.9. The van der Waals surface area contributed by atoms with Crippen LogP contribution in [0.15, 0.2) is 82.0 Å². The average molecular weight is 438 g/mol. The summed E-state index contributed by atoms with van der Waals surface area (Å²) in [4.78, 5) is 25.8. The van der Waals surface area contributed by atoms with Crippen molar-refractivity contribution in [2.75, 3.05) is 5.32 Å². The molecule has 5 nitrogen and oxygen atoms in total. The summed E-state index contributed by atoms with van der Waals surface area (Å²) >= 11 is 6.05. The van der Waals surface area contributed by atoms with Crippen LogP contribution in [0.2, 0.25) is 5.02 Å². The van der Waals surface area contributed by atoms with Gasteiger partial charge in [0.05, 0.1) is 5.39 Å². The van der Waals surface area contributed by atoms with Crippen molar-refractivity contribution in [2.45, 2.75) is 13.0 Å². The van der Waals surface area contributed by atoms with Crippen molar-refractivity contribution in [1.29, 1.82) is 0 Å². The second-order valence-corrected chi connectivity index (χ2v) is 7.29. The molecule has 0 aliphatic heterocycles. The first-order valence-corrected chi connectivity index (χ1v) is 9.85. The zero-order valence-corrected chi connectivity index (χ0v) is 17.2. The molecule has 31 heavy (non-hydrogen) atoms. The molecule has 0 aliphatic rings. The number of nitrogens with one attached hydrogen (secondary N) is 1. The zero-order chi connectivity index (χ0) is 22.0. The molecule has 4 aromatic rings. The van der Waals surface area contributed by atoms with E-state index in [0.29, 0.717) is 21.9 Å². The molecule has 0 aliphatic carbocycles. The smallest absolute Gasteiger partial charge is 0.265 e. The molecule has 4 rings (SSSR count). The van der Waals surface area contributed by atoms with Gasteiger partial charge in [-0.1, -0.05) is 41.9 Å². The zero-order valence-electron chi connectivity index (χ0n) is 16.4. The number of halogens is 2. The summed E-state index contributed by atoms with van der Waals surface area (Å²) in [5, 5.41) is 3.25. The van der Waals surface area contributed by atoms with Crippen molar-refractivity contribution >= 4 is 34.2 Å². The van der Waals surface area contributed by atoms with Crippen molar-refractivity contribution in [1.82, 2.24) is 0 Å². The molecule has 1 heterocycles. The fourth-order valence-electron chi connectivity index (χ4n) is 3.04. The Bertz CT molecular complexity index is 1300. The van der Waals surface area contributed by atoms with Crippen LogP contribution in [0.25, 0.3) is 22.3 Å². The molecule has 7 heteroatoms. The molecule has 0 fully saturated rings. The lowest BCUT2D eigenvalue weighted by Gasteiger charge is -2.17. The van der Waals surface area contributed by atoms with Crippen LogP contribution in [0.1, 0.15) is 6.92 Å². The molecule has 156 valence electrons. The van der Waals surface area contributed by atoms with Crippen LogP contribution in [0.5, 0.6) is 5.75 Å². The molecular formula is C24H17ClFNO4. The summed E-state index contributed by atoms with van der Waals surface area (Å²) in [5.41, 5.74) is 0.938. The fourth-order valence-corrected chi connectivity index (χ4v) is 3.22. The van der Waals surface area contributed by atoms with Gasteiger partial charge in [0, 0.05) is 16.3 Å². The van der Waals surface area contributed by atoms with E-state index in [2.05, 4.69) is 5.32 Å². The van der Waals surface area contributed by atoms with Gasteiger partial charge >= 0.3 is 0 Å². The monoisotopic (exact) mass is 437 g/mol. The van der Waals surface area contributed by atoms with Gasteiger partial charge in [-0.15, -0.1) is 0 Å². The van der Waals surface area contributed by atoms with E-state index < -0.39 is 23.3 Å². The minimum absolute atomic E-state index is 0.0947. The number of benzene rings is 3. The second-order valence-electron chi connectivity index (χ2n) is 6.85. The van der Waals surface area contributed by atoms with Crippen LogP contribution in [0, 0.1) is 5.82 Å². The normalized spacial score (nSPS) is 11.8. The van der Waals surface area contributed by atoms with Crippen LogP contribution < -0.4 is 15.5 Å². The minimum atomic E-state index is -1.04. The van der Waals surface area contributed by atoms with Crippen molar-refractivity contribution < 1.29 is 18.3 Å². The second kappa shape index (κ2) is 8.62. The van der Waals surface area contributed by atoms with E-state index in [-0.39, 0.29) is 16.9 Å². The molecule has 0 saturated heterocycles. The molecule has 0 radical (unpaired) electrons. The fraction of sp³-hybridized carbons (Fsp3) is 0.0833. The number of ether oxygens (including phenoxy) is 1. The lowest BCUT2D eigenvalue weighted by molar-refractivity contribution is -0.122. The molecule has 3 aromatic carbocycles. The molecule has 1 atom stereocenters. The number of carbonyl (C=O) groups excluding carboxylic acids is 1. The Morgan fingerprint density at radius 2 is 1.77 bits per heavy atom. The van der Waals surface area contributed by atoms with Crippen molar-refractivity contribution in [2.24, 2.45) is 0 Å². The van der Waals surface area contributed by atoms with Crippen molar-refractivity contribution in [3.8, 4) is 17.1 Å². The van der Waals surface area contributed by atoms with Gasteiger partial charge in [0.1, 0.15) is 11.4 Å². The van der Waals surface area contributed by atoms with Crippen LogP contribution in [0.4, 0.5) is 10.1 Å². The quantitative estimate of drug-likeness (QED) is 0.437. The van der Waals surface area contributed by atoms with Gasteiger partial charge in [-0.25, -0.2) is 4.39 Å². The van der Waals surface area contributed by atoms with E-state index in [9.17, 15) is 14.0 Å². The van der Waals surface area contributed by atoms with Gasteiger partial charge in [0.2, 0.25) is 11.2 Å². The molecule has 1 unspecified atom stereocenters. The third-order valence-electron chi connectivity index (χ3n) is 4.62. The largest absolute Gasteiger partial charge is 0.473 e. The number of fused-ring (bicyclic) bond motifs is 1. The van der Waals surface area contributed by atoms with Gasteiger partial charge in [-0.3, -0.25) is 9.59 Å². The third kappa shape index (κ3) is 4.44. The van der Waals surface area contributed by atoms with Gasteiger partial charge < -0.3 is 14.5 Å². The topological polar surface area (TPSA) is 68.5 Å². The standard InChI is InChI=1S/C24H17ClFNO4/c1-14(24(29)27-18-10-8-17(26)9-11-18)30-23-21(28)19-13-16(25)7-12-20(19)31-22(23)15-5-3-2-4-6-15/h2-14H,1H3,(H,27,29). The van der Waals surface area contributed by atoms with Gasteiger partial charge in [-0.05, 0) is 49.4 Å². The first-order chi connectivity index (χ1) is 14.9. The maximum atomic E-state index is 13.2. The Morgan fingerprint density at radius 3 is 2.48 bits per heavy atom. The van der Waals surface area contributed by atoms with Crippen LogP contribution in [-0.4, -0.2) is 12.0 Å². The number of rotatable bonds is 5. The number of anilines is 1. The number of carbonyl (C=O) groups is 1. The average Bonchev–Trinajstić information content (AvgIpc) is 2.78. The molecule has 1 N–H and O–H groups in total. The first-order valence-electron chi connectivity index (χ1n) is 9.47. The predicted octanol–water partition coefficient (Wildman–Crippen LogP) is 5.66. The molecule has 0 saturated carbocycles. The van der Waals surface area contributed by atoms with E-state index in [1.807, 2.05) is 6.07 Å².